The van der Waals surface area contributed by atoms with Gasteiger partial charge in [0, 0.05) is 65.4 Å². The number of nitrogens with zero attached hydrogens (tertiary/aromatic N) is 6. The molecule has 8 rings (SSSR count). The summed E-state index contributed by atoms with van der Waals surface area (Å²) in [6.45, 7) is 2.07. The van der Waals surface area contributed by atoms with Crippen LogP contribution in [0.5, 0.6) is 0 Å². The van der Waals surface area contributed by atoms with Gasteiger partial charge in [0.1, 0.15) is 34.7 Å². The van der Waals surface area contributed by atoms with E-state index in [1.807, 2.05) is 47.0 Å². The molecule has 13 nitrogen and oxygen atoms in total. The van der Waals surface area contributed by atoms with E-state index < -0.39 is 11.9 Å². The zero-order chi connectivity index (χ0) is 35.1. The number of aromatic nitrogens is 4. The Labute approximate surface area is 297 Å². The maximum Gasteiger partial charge on any atom is 0.256 e. The van der Waals surface area contributed by atoms with Crippen molar-refractivity contribution in [2.45, 2.75) is 49.2 Å². The Morgan fingerprint density at radius 2 is 1.84 bits per heavy atom. The number of pyridine rings is 1. The summed E-state index contributed by atoms with van der Waals surface area (Å²) in [6, 6.07) is 17.8. The fourth-order valence-electron chi connectivity index (χ4n) is 7.28. The number of imide groups is 1. The Kier molecular flexibility index (Phi) is 8.70. The van der Waals surface area contributed by atoms with E-state index in [0.717, 1.165) is 59.0 Å². The zero-order valence-electron chi connectivity index (χ0n) is 27.6. The standard InChI is InChI=1S/C37H35N9O4S/c38-33-32-31(22-9-11-23(12-10-22)35(48)41-29-8-1-2-15-39-29)43-34(45(32)18-16-40-33)26-6-4-17-44(26)19-20-51-28-7-3-5-24-25(28)21-46(37(24)50)27-13-14-30(47)42-36(27)49/h1-3,5,7-12,15-16,18,26-27H,4,6,13-14,17,19-21H2,(H2,38,40)(H,39,41,48)(H,42,47,49)/t26-,27?/m0/s1. The number of nitrogen functional groups attached to an aromatic ring is 1. The monoisotopic (exact) mass is 701 g/mol. The smallest absolute Gasteiger partial charge is 0.256 e. The number of nitrogens with two attached hydrogens (primary N) is 1. The number of benzene rings is 2. The molecule has 14 heteroatoms. The topological polar surface area (TPSA) is 168 Å². The molecule has 4 amide bonds. The van der Waals surface area contributed by atoms with Crippen molar-refractivity contribution in [2.24, 2.45) is 0 Å². The molecule has 0 radical (unpaired) electrons. The summed E-state index contributed by atoms with van der Waals surface area (Å²) in [5.41, 5.74) is 10.8. The summed E-state index contributed by atoms with van der Waals surface area (Å²) in [6.07, 6.45) is 7.74. The van der Waals surface area contributed by atoms with Crippen molar-refractivity contribution < 1.29 is 19.2 Å². The number of hydrogen-bond acceptors (Lipinski definition) is 10. The van der Waals surface area contributed by atoms with Gasteiger partial charge in [-0.1, -0.05) is 24.3 Å². The van der Waals surface area contributed by atoms with Crippen LogP contribution in [0.25, 0.3) is 16.8 Å². The molecule has 2 aromatic carbocycles. The van der Waals surface area contributed by atoms with Crippen molar-refractivity contribution in [1.29, 1.82) is 0 Å². The van der Waals surface area contributed by atoms with E-state index in [1.54, 1.807) is 53.3 Å². The predicted octanol–water partition coefficient (Wildman–Crippen LogP) is 4.32. The van der Waals surface area contributed by atoms with Crippen molar-refractivity contribution in [3.8, 4) is 11.3 Å². The number of anilines is 2. The summed E-state index contributed by atoms with van der Waals surface area (Å²) in [5.74, 6) is 1.41. The number of likely N-dealkylation sites (tertiary alicyclic amines) is 1. The minimum Gasteiger partial charge on any atom is -0.382 e. The first-order valence-electron chi connectivity index (χ1n) is 16.9. The third-order valence-electron chi connectivity index (χ3n) is 9.77. The largest absolute Gasteiger partial charge is 0.382 e. The second-order valence-electron chi connectivity index (χ2n) is 12.8. The quantitative estimate of drug-likeness (QED) is 0.149. The number of amides is 4. The lowest BCUT2D eigenvalue weighted by Gasteiger charge is -2.29. The number of fused-ring (bicyclic) bond motifs is 2. The van der Waals surface area contributed by atoms with Crippen LogP contribution in [0, 0.1) is 0 Å². The molecule has 0 saturated carbocycles. The van der Waals surface area contributed by atoms with Gasteiger partial charge in [-0.2, -0.15) is 0 Å². The maximum atomic E-state index is 13.3. The Balaban J connectivity index is 0.981. The number of carbonyl (C=O) groups excluding carboxylic acids is 4. The number of imidazole rings is 1. The average Bonchev–Trinajstić information content (AvgIpc) is 3.85. The number of piperidine rings is 1. The van der Waals surface area contributed by atoms with Gasteiger partial charge in [0.15, 0.2) is 0 Å². The summed E-state index contributed by atoms with van der Waals surface area (Å²) < 4.78 is 2.04. The molecule has 3 aliphatic heterocycles. The van der Waals surface area contributed by atoms with Crippen molar-refractivity contribution in [1.82, 2.24) is 34.5 Å². The van der Waals surface area contributed by atoms with E-state index in [1.165, 1.54) is 0 Å². The number of thioether (sulfide) groups is 1. The average molecular weight is 702 g/mol. The molecule has 2 fully saturated rings. The second kappa shape index (κ2) is 13.6. The molecule has 0 bridgehead atoms. The highest BCUT2D eigenvalue weighted by Gasteiger charge is 2.40. The van der Waals surface area contributed by atoms with Crippen molar-refractivity contribution in [3.63, 3.8) is 0 Å². The maximum absolute atomic E-state index is 13.3. The summed E-state index contributed by atoms with van der Waals surface area (Å²) in [7, 11) is 0. The molecule has 3 aromatic heterocycles. The van der Waals surface area contributed by atoms with Crippen LogP contribution in [-0.2, 0) is 16.1 Å². The number of hydrogen-bond donors (Lipinski definition) is 3. The van der Waals surface area contributed by atoms with E-state index in [0.29, 0.717) is 41.4 Å². The zero-order valence-corrected chi connectivity index (χ0v) is 28.4. The van der Waals surface area contributed by atoms with Crippen LogP contribution in [0.2, 0.25) is 0 Å². The molecule has 1 unspecified atom stereocenters. The van der Waals surface area contributed by atoms with Crippen molar-refractivity contribution >= 4 is 52.5 Å². The fraction of sp³-hybridized carbons (Fsp3) is 0.270. The van der Waals surface area contributed by atoms with Gasteiger partial charge in [-0.05, 0) is 67.8 Å². The lowest BCUT2D eigenvalue weighted by Crippen LogP contribution is -2.52. The first kappa shape index (κ1) is 32.6. The molecular formula is C37H35N9O4S. The fourth-order valence-corrected chi connectivity index (χ4v) is 8.35. The Bertz CT molecular complexity index is 2170. The Morgan fingerprint density at radius 3 is 2.65 bits per heavy atom. The Hall–Kier alpha value is -5.60. The summed E-state index contributed by atoms with van der Waals surface area (Å²) in [4.78, 5) is 69.1. The van der Waals surface area contributed by atoms with E-state index in [9.17, 15) is 19.2 Å². The molecular weight excluding hydrogens is 667 g/mol. The van der Waals surface area contributed by atoms with Crippen LogP contribution < -0.4 is 16.4 Å². The minimum absolute atomic E-state index is 0.0585. The first-order chi connectivity index (χ1) is 24.9. The molecule has 4 N–H and O–H groups in total. The van der Waals surface area contributed by atoms with E-state index in [-0.39, 0.29) is 30.2 Å². The SMILES string of the molecule is Nc1nccn2c([C@@H]3CCCN3CCSc3cccc4c3CN(C3CCC(=O)NC3=O)C4=O)nc(-c3ccc(C(=O)Nc4ccccn4)cc3)c12. The molecule has 0 aliphatic carbocycles. The van der Waals surface area contributed by atoms with E-state index in [4.69, 9.17) is 10.7 Å². The number of nitrogens with one attached hydrogen (secondary N) is 2. The highest BCUT2D eigenvalue weighted by atomic mass is 32.2. The predicted molar refractivity (Wildman–Crippen MR) is 192 cm³/mol. The van der Waals surface area contributed by atoms with Gasteiger partial charge in [-0.3, -0.25) is 33.8 Å². The van der Waals surface area contributed by atoms with E-state index >= 15 is 0 Å². The summed E-state index contributed by atoms with van der Waals surface area (Å²) >= 11 is 1.70. The summed E-state index contributed by atoms with van der Waals surface area (Å²) in [5, 5.41) is 5.19. The van der Waals surface area contributed by atoms with Crippen LogP contribution in [0.3, 0.4) is 0 Å². The minimum atomic E-state index is -0.640. The molecule has 2 saturated heterocycles. The molecule has 2 atom stereocenters. The Morgan fingerprint density at radius 1 is 0.980 bits per heavy atom. The van der Waals surface area contributed by atoms with Gasteiger partial charge in [0.25, 0.3) is 11.8 Å². The highest BCUT2D eigenvalue weighted by Crippen LogP contribution is 2.38. The highest BCUT2D eigenvalue weighted by molar-refractivity contribution is 7.99. The van der Waals surface area contributed by atoms with Crippen LogP contribution in [0.1, 0.15) is 63.8 Å². The van der Waals surface area contributed by atoms with Gasteiger partial charge in [-0.25, -0.2) is 15.0 Å². The number of carbonyl (C=O) groups is 4. The second-order valence-corrected chi connectivity index (χ2v) is 14.0. The van der Waals surface area contributed by atoms with Crippen LogP contribution in [0.15, 0.2) is 84.1 Å². The third kappa shape index (κ3) is 6.21. The normalized spacial score (nSPS) is 19.1. The van der Waals surface area contributed by atoms with Crippen molar-refractivity contribution in [3.05, 3.63) is 102 Å². The lowest BCUT2D eigenvalue weighted by molar-refractivity contribution is -0.136. The molecule has 51 heavy (non-hydrogen) atoms. The molecule has 3 aliphatic rings. The van der Waals surface area contributed by atoms with Crippen molar-refractivity contribution in [2.75, 3.05) is 29.9 Å². The third-order valence-corrected chi connectivity index (χ3v) is 10.9. The van der Waals surface area contributed by atoms with Crippen LogP contribution >= 0.6 is 11.8 Å². The van der Waals surface area contributed by atoms with Gasteiger partial charge in [-0.15, -0.1) is 11.8 Å². The number of rotatable bonds is 9. The van der Waals surface area contributed by atoms with Crippen LogP contribution in [-0.4, -0.2) is 77.7 Å². The van der Waals surface area contributed by atoms with E-state index in [2.05, 4.69) is 25.5 Å². The van der Waals surface area contributed by atoms with Gasteiger partial charge >= 0.3 is 0 Å². The van der Waals surface area contributed by atoms with Gasteiger partial charge in [0.2, 0.25) is 11.8 Å². The van der Waals surface area contributed by atoms with Gasteiger partial charge in [0.05, 0.1) is 6.04 Å². The lowest BCUT2D eigenvalue weighted by atomic mass is 10.0. The van der Waals surface area contributed by atoms with Crippen LogP contribution in [0.4, 0.5) is 11.6 Å². The van der Waals surface area contributed by atoms with Gasteiger partial charge < -0.3 is 16.0 Å². The molecule has 6 heterocycles. The first-order valence-corrected chi connectivity index (χ1v) is 17.9. The molecule has 5 aromatic rings. The molecule has 258 valence electrons. The molecule has 0 spiro atoms.